The molecule has 4 nitrogen and oxygen atoms in total. The monoisotopic (exact) mass is 439 g/mol. The fourth-order valence-electron chi connectivity index (χ4n) is 3.67. The molecular formula is C24H19Cl2NO3. The lowest BCUT2D eigenvalue weighted by Crippen LogP contribution is -2.26. The van der Waals surface area contributed by atoms with Gasteiger partial charge >= 0.3 is 6.09 Å². The number of carbonyl (C=O) groups excluding carboxylic acids is 1. The molecule has 0 fully saturated rings. The standard InChI is InChI=1S/C24H19Cl2NO3/c25-21-12-15(13-22(26)23(21)28)6-5-11-27-24(29)30-14-20-18-9-3-1-7-16(18)17-8-2-4-10-19(17)20/h1-10,12-13,20,28H,11,14H2,(H,27,29). The summed E-state index contributed by atoms with van der Waals surface area (Å²) in [5.74, 6) is -0.118. The number of rotatable bonds is 5. The van der Waals surface area contributed by atoms with Gasteiger partial charge in [-0.05, 0) is 39.9 Å². The van der Waals surface area contributed by atoms with Crippen molar-refractivity contribution in [3.8, 4) is 16.9 Å². The second kappa shape index (κ2) is 8.82. The molecule has 4 rings (SSSR count). The largest absolute Gasteiger partial charge is 0.505 e. The third kappa shape index (κ3) is 4.16. The van der Waals surface area contributed by atoms with Gasteiger partial charge in [0.1, 0.15) is 6.61 Å². The molecule has 1 aliphatic carbocycles. The van der Waals surface area contributed by atoms with E-state index in [0.29, 0.717) is 0 Å². The number of carbonyl (C=O) groups is 1. The van der Waals surface area contributed by atoms with Gasteiger partial charge in [-0.3, -0.25) is 0 Å². The maximum absolute atomic E-state index is 12.1. The highest BCUT2D eigenvalue weighted by molar-refractivity contribution is 6.37. The van der Waals surface area contributed by atoms with Crippen LogP contribution in [0.2, 0.25) is 10.0 Å². The molecule has 0 spiro atoms. The summed E-state index contributed by atoms with van der Waals surface area (Å²) >= 11 is 11.8. The number of amides is 1. The van der Waals surface area contributed by atoms with E-state index in [1.54, 1.807) is 24.3 Å². The van der Waals surface area contributed by atoms with Crippen molar-refractivity contribution in [3.63, 3.8) is 0 Å². The quantitative estimate of drug-likeness (QED) is 0.493. The van der Waals surface area contributed by atoms with Crippen molar-refractivity contribution in [2.24, 2.45) is 0 Å². The molecule has 0 atom stereocenters. The number of alkyl carbamates (subject to hydrolysis) is 1. The minimum atomic E-state index is -0.483. The first kappa shape index (κ1) is 20.3. The predicted molar refractivity (Wildman–Crippen MR) is 120 cm³/mol. The zero-order valence-corrected chi connectivity index (χ0v) is 17.5. The number of nitrogens with one attached hydrogen (secondary N) is 1. The van der Waals surface area contributed by atoms with Gasteiger partial charge in [0.2, 0.25) is 0 Å². The lowest BCUT2D eigenvalue weighted by molar-refractivity contribution is 0.144. The molecular weight excluding hydrogens is 421 g/mol. The van der Waals surface area contributed by atoms with Crippen LogP contribution in [0.1, 0.15) is 22.6 Å². The molecule has 0 saturated heterocycles. The van der Waals surface area contributed by atoms with Crippen LogP contribution in [0.25, 0.3) is 17.2 Å². The average Bonchev–Trinajstić information content (AvgIpc) is 3.07. The van der Waals surface area contributed by atoms with Crippen molar-refractivity contribution in [1.82, 2.24) is 5.32 Å². The van der Waals surface area contributed by atoms with Crippen LogP contribution < -0.4 is 5.32 Å². The first-order valence-electron chi connectivity index (χ1n) is 9.48. The Labute approximate surface area is 184 Å². The first-order valence-corrected chi connectivity index (χ1v) is 10.2. The summed E-state index contributed by atoms with van der Waals surface area (Å²) in [4.78, 5) is 12.1. The van der Waals surface area contributed by atoms with E-state index in [-0.39, 0.29) is 34.9 Å². The summed E-state index contributed by atoms with van der Waals surface area (Å²) in [5.41, 5.74) is 5.45. The Hall–Kier alpha value is -2.95. The molecule has 0 unspecified atom stereocenters. The van der Waals surface area contributed by atoms with Crippen LogP contribution in [0, 0.1) is 0 Å². The smallest absolute Gasteiger partial charge is 0.407 e. The van der Waals surface area contributed by atoms with Gasteiger partial charge < -0.3 is 15.2 Å². The average molecular weight is 440 g/mol. The van der Waals surface area contributed by atoms with Gasteiger partial charge in [-0.1, -0.05) is 83.9 Å². The van der Waals surface area contributed by atoms with E-state index < -0.39 is 6.09 Å². The van der Waals surface area contributed by atoms with Gasteiger partial charge in [0, 0.05) is 12.5 Å². The van der Waals surface area contributed by atoms with Crippen LogP contribution in [0.15, 0.2) is 66.7 Å². The van der Waals surface area contributed by atoms with E-state index in [9.17, 15) is 9.90 Å². The van der Waals surface area contributed by atoms with Crippen molar-refractivity contribution >= 4 is 35.4 Å². The lowest BCUT2D eigenvalue weighted by atomic mass is 9.98. The number of phenolic OH excluding ortho intramolecular Hbond substituents is 1. The summed E-state index contributed by atoms with van der Waals surface area (Å²) in [6.45, 7) is 0.555. The molecule has 3 aromatic carbocycles. The zero-order chi connectivity index (χ0) is 21.1. The molecule has 30 heavy (non-hydrogen) atoms. The van der Waals surface area contributed by atoms with Crippen molar-refractivity contribution in [1.29, 1.82) is 0 Å². The lowest BCUT2D eigenvalue weighted by Gasteiger charge is -2.14. The van der Waals surface area contributed by atoms with Crippen molar-refractivity contribution < 1.29 is 14.6 Å². The number of hydrogen-bond donors (Lipinski definition) is 2. The van der Waals surface area contributed by atoms with E-state index in [4.69, 9.17) is 27.9 Å². The van der Waals surface area contributed by atoms with Gasteiger partial charge in [0.25, 0.3) is 0 Å². The number of halogens is 2. The van der Waals surface area contributed by atoms with Crippen LogP contribution in [0.5, 0.6) is 5.75 Å². The molecule has 1 amide bonds. The van der Waals surface area contributed by atoms with Crippen molar-refractivity contribution in [2.45, 2.75) is 5.92 Å². The molecule has 152 valence electrons. The fraction of sp³-hybridized carbons (Fsp3) is 0.125. The number of ether oxygens (including phenoxy) is 1. The van der Waals surface area contributed by atoms with Crippen LogP contribution in [-0.4, -0.2) is 24.4 Å². The van der Waals surface area contributed by atoms with Crippen molar-refractivity contribution in [3.05, 3.63) is 93.5 Å². The Kier molecular flexibility index (Phi) is 5.98. The minimum absolute atomic E-state index is 0.0278. The molecule has 0 heterocycles. The van der Waals surface area contributed by atoms with E-state index in [0.717, 1.165) is 5.56 Å². The van der Waals surface area contributed by atoms with Gasteiger partial charge in [0.15, 0.2) is 5.75 Å². The summed E-state index contributed by atoms with van der Waals surface area (Å²) in [6, 6.07) is 19.6. The van der Waals surface area contributed by atoms with Crippen LogP contribution >= 0.6 is 23.2 Å². The van der Waals surface area contributed by atoms with E-state index in [2.05, 4.69) is 29.6 Å². The maximum Gasteiger partial charge on any atom is 0.407 e. The molecule has 0 aliphatic heterocycles. The third-order valence-corrected chi connectivity index (χ3v) is 5.63. The molecule has 0 aromatic heterocycles. The molecule has 3 aromatic rings. The van der Waals surface area contributed by atoms with Crippen LogP contribution in [0.4, 0.5) is 4.79 Å². The molecule has 0 bridgehead atoms. The fourth-order valence-corrected chi connectivity index (χ4v) is 4.17. The van der Waals surface area contributed by atoms with Crippen molar-refractivity contribution in [2.75, 3.05) is 13.2 Å². The Balaban J connectivity index is 1.34. The Morgan fingerprint density at radius 3 is 2.17 bits per heavy atom. The highest BCUT2D eigenvalue weighted by Gasteiger charge is 2.28. The number of fused-ring (bicyclic) bond motifs is 3. The summed E-state index contributed by atoms with van der Waals surface area (Å²) in [5, 5.41) is 12.6. The van der Waals surface area contributed by atoms with Gasteiger partial charge in [-0.2, -0.15) is 0 Å². The Morgan fingerprint density at radius 2 is 1.57 bits per heavy atom. The normalized spacial score (nSPS) is 12.6. The topological polar surface area (TPSA) is 58.6 Å². The second-order valence-corrected chi connectivity index (χ2v) is 7.76. The predicted octanol–water partition coefficient (Wildman–Crippen LogP) is 6.25. The molecule has 6 heteroatoms. The van der Waals surface area contributed by atoms with Gasteiger partial charge in [-0.25, -0.2) is 4.79 Å². The highest BCUT2D eigenvalue weighted by atomic mass is 35.5. The maximum atomic E-state index is 12.1. The zero-order valence-electron chi connectivity index (χ0n) is 15.9. The summed E-state index contributed by atoms with van der Waals surface area (Å²) in [6.07, 6.45) is 3.02. The number of hydrogen-bond acceptors (Lipinski definition) is 3. The number of aromatic hydroxyl groups is 1. The van der Waals surface area contributed by atoms with E-state index in [1.807, 2.05) is 24.3 Å². The molecule has 2 N–H and O–H groups in total. The second-order valence-electron chi connectivity index (χ2n) is 6.94. The molecule has 0 radical (unpaired) electrons. The van der Waals surface area contributed by atoms with E-state index >= 15 is 0 Å². The van der Waals surface area contributed by atoms with Crippen LogP contribution in [0.3, 0.4) is 0 Å². The number of benzene rings is 3. The molecule has 1 aliphatic rings. The van der Waals surface area contributed by atoms with E-state index in [1.165, 1.54) is 22.3 Å². The first-order chi connectivity index (χ1) is 14.5. The Morgan fingerprint density at radius 1 is 1.00 bits per heavy atom. The minimum Gasteiger partial charge on any atom is -0.505 e. The summed E-state index contributed by atoms with van der Waals surface area (Å²) in [7, 11) is 0. The Bertz CT molecular complexity index is 1060. The third-order valence-electron chi connectivity index (χ3n) is 5.06. The van der Waals surface area contributed by atoms with Gasteiger partial charge in [-0.15, -0.1) is 0 Å². The number of phenols is 1. The van der Waals surface area contributed by atoms with Gasteiger partial charge in [0.05, 0.1) is 10.0 Å². The summed E-state index contributed by atoms with van der Waals surface area (Å²) < 4.78 is 5.49. The molecule has 0 saturated carbocycles. The van der Waals surface area contributed by atoms with Crippen LogP contribution in [-0.2, 0) is 4.74 Å². The highest BCUT2D eigenvalue weighted by Crippen LogP contribution is 2.44. The SMILES string of the molecule is O=C(NCC=Cc1cc(Cl)c(O)c(Cl)c1)OCC1c2ccccc2-c2ccccc21.